The Kier molecular flexibility index (Phi) is 7.95. The Morgan fingerprint density at radius 1 is 1.25 bits per heavy atom. The van der Waals surface area contributed by atoms with Crippen molar-refractivity contribution in [1.82, 2.24) is 10.2 Å². The third kappa shape index (κ3) is 5.69. The van der Waals surface area contributed by atoms with Crippen molar-refractivity contribution >= 4 is 15.9 Å². The maximum absolute atomic E-state index is 5.55. The van der Waals surface area contributed by atoms with E-state index in [0.717, 1.165) is 42.0 Å². The molecule has 20 heavy (non-hydrogen) atoms. The minimum Gasteiger partial charge on any atom is -0.493 e. The monoisotopic (exact) mass is 344 g/mol. The van der Waals surface area contributed by atoms with Gasteiger partial charge in [-0.1, -0.05) is 15.9 Å². The fourth-order valence-electron chi connectivity index (χ4n) is 1.88. The number of halogens is 1. The zero-order valence-electron chi connectivity index (χ0n) is 12.8. The summed E-state index contributed by atoms with van der Waals surface area (Å²) in [5.74, 6) is 1.55. The lowest BCUT2D eigenvalue weighted by Gasteiger charge is -2.14. The zero-order valence-corrected chi connectivity index (χ0v) is 14.4. The molecule has 1 aromatic carbocycles. The Bertz CT molecular complexity index is 411. The fourth-order valence-corrected chi connectivity index (χ4v) is 2.35. The Morgan fingerprint density at radius 3 is 2.60 bits per heavy atom. The van der Waals surface area contributed by atoms with Crippen LogP contribution in [0, 0.1) is 0 Å². The molecule has 0 saturated heterocycles. The molecule has 0 amide bonds. The van der Waals surface area contributed by atoms with Crippen LogP contribution in [-0.4, -0.2) is 45.8 Å². The van der Waals surface area contributed by atoms with Gasteiger partial charge in [-0.2, -0.15) is 0 Å². The van der Waals surface area contributed by atoms with Crippen LogP contribution < -0.4 is 14.8 Å². The van der Waals surface area contributed by atoms with Crippen molar-refractivity contribution in [2.75, 3.05) is 40.9 Å². The summed E-state index contributed by atoms with van der Waals surface area (Å²) in [6, 6.07) is 3.99. The lowest BCUT2D eigenvalue weighted by Crippen LogP contribution is -2.21. The van der Waals surface area contributed by atoms with Crippen LogP contribution >= 0.6 is 15.9 Å². The van der Waals surface area contributed by atoms with Gasteiger partial charge in [0.2, 0.25) is 0 Å². The standard InChI is InChI=1S/C15H25BrN2O2/c1-5-20-15-10-13(16)12(9-14(15)19-4)11-17-7-6-8-18(2)3/h9-10,17H,5-8,11H2,1-4H3. The average molecular weight is 345 g/mol. The molecule has 1 rings (SSSR count). The van der Waals surface area contributed by atoms with Gasteiger partial charge in [0.25, 0.3) is 0 Å². The van der Waals surface area contributed by atoms with Gasteiger partial charge in [-0.25, -0.2) is 0 Å². The Labute approximate surface area is 130 Å². The van der Waals surface area contributed by atoms with Gasteiger partial charge in [0.15, 0.2) is 11.5 Å². The summed E-state index contributed by atoms with van der Waals surface area (Å²) in [5, 5.41) is 3.45. The second-order valence-electron chi connectivity index (χ2n) is 4.86. The minimum absolute atomic E-state index is 0.630. The summed E-state index contributed by atoms with van der Waals surface area (Å²) in [7, 11) is 5.85. The Hall–Kier alpha value is -0.780. The van der Waals surface area contributed by atoms with Gasteiger partial charge in [-0.05, 0) is 58.2 Å². The van der Waals surface area contributed by atoms with E-state index in [4.69, 9.17) is 9.47 Å². The average Bonchev–Trinajstić information content (AvgIpc) is 2.40. The first-order chi connectivity index (χ1) is 9.58. The number of methoxy groups -OCH3 is 1. The van der Waals surface area contributed by atoms with Gasteiger partial charge in [0.1, 0.15) is 0 Å². The van der Waals surface area contributed by atoms with E-state index in [9.17, 15) is 0 Å². The molecule has 5 heteroatoms. The Balaban J connectivity index is 2.57. The first-order valence-electron chi connectivity index (χ1n) is 6.93. The summed E-state index contributed by atoms with van der Waals surface area (Å²) in [6.45, 7) is 5.51. The van der Waals surface area contributed by atoms with Crippen LogP contribution in [0.25, 0.3) is 0 Å². The number of ether oxygens (including phenoxy) is 2. The molecule has 114 valence electrons. The van der Waals surface area contributed by atoms with E-state index in [-0.39, 0.29) is 0 Å². The number of hydrogen-bond acceptors (Lipinski definition) is 4. The van der Waals surface area contributed by atoms with Crippen molar-refractivity contribution in [3.8, 4) is 11.5 Å². The third-order valence-electron chi connectivity index (χ3n) is 2.91. The highest BCUT2D eigenvalue weighted by Crippen LogP contribution is 2.33. The summed E-state index contributed by atoms with van der Waals surface area (Å²) in [6.07, 6.45) is 1.14. The highest BCUT2D eigenvalue weighted by atomic mass is 79.9. The molecule has 0 aromatic heterocycles. The first-order valence-corrected chi connectivity index (χ1v) is 7.72. The second-order valence-corrected chi connectivity index (χ2v) is 5.72. The van der Waals surface area contributed by atoms with Crippen LogP contribution in [-0.2, 0) is 6.54 Å². The van der Waals surface area contributed by atoms with Crippen molar-refractivity contribution in [2.24, 2.45) is 0 Å². The van der Waals surface area contributed by atoms with Crippen LogP contribution in [0.3, 0.4) is 0 Å². The molecule has 0 saturated carbocycles. The highest BCUT2D eigenvalue weighted by molar-refractivity contribution is 9.10. The first kappa shape index (κ1) is 17.3. The molecule has 0 atom stereocenters. The van der Waals surface area contributed by atoms with Gasteiger partial charge in [0, 0.05) is 11.0 Å². The van der Waals surface area contributed by atoms with Crippen LogP contribution in [0.2, 0.25) is 0 Å². The van der Waals surface area contributed by atoms with E-state index >= 15 is 0 Å². The smallest absolute Gasteiger partial charge is 0.162 e. The largest absolute Gasteiger partial charge is 0.493 e. The molecule has 0 radical (unpaired) electrons. The van der Waals surface area contributed by atoms with Crippen molar-refractivity contribution in [2.45, 2.75) is 19.9 Å². The maximum atomic E-state index is 5.55. The summed E-state index contributed by atoms with van der Waals surface area (Å²) in [5.41, 5.74) is 1.18. The van der Waals surface area contributed by atoms with Gasteiger partial charge in [-0.3, -0.25) is 0 Å². The topological polar surface area (TPSA) is 33.7 Å². The van der Waals surface area contributed by atoms with Gasteiger partial charge in [0.05, 0.1) is 13.7 Å². The number of rotatable bonds is 9. The molecule has 1 N–H and O–H groups in total. The van der Waals surface area contributed by atoms with E-state index in [1.165, 1.54) is 5.56 Å². The third-order valence-corrected chi connectivity index (χ3v) is 3.65. The molecule has 1 aromatic rings. The van der Waals surface area contributed by atoms with E-state index in [1.54, 1.807) is 7.11 Å². The molecule has 0 bridgehead atoms. The number of benzene rings is 1. The zero-order chi connectivity index (χ0) is 15.0. The highest BCUT2D eigenvalue weighted by Gasteiger charge is 2.09. The lowest BCUT2D eigenvalue weighted by atomic mass is 10.2. The molecule has 4 nitrogen and oxygen atoms in total. The van der Waals surface area contributed by atoms with Gasteiger partial charge >= 0.3 is 0 Å². The van der Waals surface area contributed by atoms with Crippen LogP contribution in [0.15, 0.2) is 16.6 Å². The number of nitrogens with zero attached hydrogens (tertiary/aromatic N) is 1. The maximum Gasteiger partial charge on any atom is 0.162 e. The van der Waals surface area contributed by atoms with E-state index < -0.39 is 0 Å². The molecule has 0 fully saturated rings. The van der Waals surface area contributed by atoms with Gasteiger partial charge < -0.3 is 19.7 Å². The van der Waals surface area contributed by atoms with Crippen molar-refractivity contribution < 1.29 is 9.47 Å². The number of nitrogens with one attached hydrogen (secondary N) is 1. The van der Waals surface area contributed by atoms with Crippen LogP contribution in [0.1, 0.15) is 18.9 Å². The Morgan fingerprint density at radius 2 is 2.00 bits per heavy atom. The minimum atomic E-state index is 0.630. The second kappa shape index (κ2) is 9.21. The molecule has 0 aliphatic heterocycles. The molecular formula is C15H25BrN2O2. The molecule has 0 unspecified atom stereocenters. The fraction of sp³-hybridized carbons (Fsp3) is 0.600. The van der Waals surface area contributed by atoms with Crippen LogP contribution in [0.4, 0.5) is 0 Å². The van der Waals surface area contributed by atoms with Crippen molar-refractivity contribution in [3.63, 3.8) is 0 Å². The molecule has 0 heterocycles. The lowest BCUT2D eigenvalue weighted by molar-refractivity contribution is 0.310. The van der Waals surface area contributed by atoms with Gasteiger partial charge in [-0.15, -0.1) is 0 Å². The normalized spacial score (nSPS) is 10.9. The summed E-state index contributed by atoms with van der Waals surface area (Å²) >= 11 is 3.59. The SMILES string of the molecule is CCOc1cc(Br)c(CNCCCN(C)C)cc1OC. The molecule has 0 aliphatic rings. The molecular weight excluding hydrogens is 320 g/mol. The van der Waals surface area contributed by atoms with Crippen molar-refractivity contribution in [3.05, 3.63) is 22.2 Å². The molecule has 0 spiro atoms. The van der Waals surface area contributed by atoms with E-state index in [2.05, 4.69) is 40.2 Å². The van der Waals surface area contributed by atoms with Crippen molar-refractivity contribution in [1.29, 1.82) is 0 Å². The predicted octanol–water partition coefficient (Wildman–Crippen LogP) is 2.90. The quantitative estimate of drug-likeness (QED) is 0.698. The van der Waals surface area contributed by atoms with E-state index in [0.29, 0.717) is 6.61 Å². The summed E-state index contributed by atoms with van der Waals surface area (Å²) < 4.78 is 12.0. The number of hydrogen-bond donors (Lipinski definition) is 1. The predicted molar refractivity (Wildman–Crippen MR) is 86.7 cm³/mol. The van der Waals surface area contributed by atoms with E-state index in [1.807, 2.05) is 19.1 Å². The van der Waals surface area contributed by atoms with Crippen LogP contribution in [0.5, 0.6) is 11.5 Å². The molecule has 0 aliphatic carbocycles. The summed E-state index contributed by atoms with van der Waals surface area (Å²) in [4.78, 5) is 2.19.